The van der Waals surface area contributed by atoms with Crippen LogP contribution in [-0.2, 0) is 11.3 Å². The van der Waals surface area contributed by atoms with Crippen molar-refractivity contribution in [3.8, 4) is 0 Å². The van der Waals surface area contributed by atoms with Crippen LogP contribution in [0.15, 0.2) is 30.3 Å². The third-order valence-electron chi connectivity index (χ3n) is 4.09. The minimum atomic E-state index is -0.125. The monoisotopic (exact) mass is 371 g/mol. The predicted octanol–water partition coefficient (Wildman–Crippen LogP) is 3.75. The number of rotatable bonds is 2. The fourth-order valence-corrected chi connectivity index (χ4v) is 4.38. The van der Waals surface area contributed by atoms with E-state index in [9.17, 15) is 4.79 Å². The van der Waals surface area contributed by atoms with Gasteiger partial charge in [0.1, 0.15) is 6.61 Å². The summed E-state index contributed by atoms with van der Waals surface area (Å²) in [5.74, 6) is 0. The summed E-state index contributed by atoms with van der Waals surface area (Å²) in [5.41, 5.74) is 1.05. The number of carbonyl (C=O) groups is 1. The first-order valence-electron chi connectivity index (χ1n) is 6.87. The van der Waals surface area contributed by atoms with Gasteiger partial charge in [0.25, 0.3) is 0 Å². The predicted molar refractivity (Wildman–Crippen MR) is 82.3 cm³/mol. The molecule has 0 aromatic heterocycles. The Morgan fingerprint density at radius 2 is 1.84 bits per heavy atom. The molecule has 2 fully saturated rings. The number of fused-ring (bicyclic) bond motifs is 2. The second-order valence-corrected chi connectivity index (χ2v) is 7.16. The van der Waals surface area contributed by atoms with E-state index in [0.29, 0.717) is 22.6 Å². The van der Waals surface area contributed by atoms with Crippen LogP contribution in [0.4, 0.5) is 4.79 Å². The highest BCUT2D eigenvalue weighted by atomic mass is 127. The highest BCUT2D eigenvalue weighted by molar-refractivity contribution is 14.1. The maximum absolute atomic E-state index is 12.2. The SMILES string of the molecule is O=C(OCc1ccccc1)N1C2CCC1CC(I)C2. The van der Waals surface area contributed by atoms with Crippen LogP contribution in [-0.4, -0.2) is 27.0 Å². The highest BCUT2D eigenvalue weighted by Gasteiger charge is 2.43. The molecule has 19 heavy (non-hydrogen) atoms. The van der Waals surface area contributed by atoms with Gasteiger partial charge in [-0.2, -0.15) is 0 Å². The number of carbonyl (C=O) groups excluding carboxylic acids is 1. The molecule has 0 spiro atoms. The Bertz CT molecular complexity index is 437. The van der Waals surface area contributed by atoms with Crippen LogP contribution >= 0.6 is 22.6 Å². The Kier molecular flexibility index (Phi) is 3.96. The van der Waals surface area contributed by atoms with Crippen LogP contribution < -0.4 is 0 Å². The van der Waals surface area contributed by atoms with Gasteiger partial charge < -0.3 is 9.64 Å². The summed E-state index contributed by atoms with van der Waals surface area (Å²) in [6, 6.07) is 10.7. The Morgan fingerprint density at radius 3 is 2.47 bits per heavy atom. The van der Waals surface area contributed by atoms with Gasteiger partial charge in [-0.15, -0.1) is 0 Å². The van der Waals surface area contributed by atoms with Crippen molar-refractivity contribution < 1.29 is 9.53 Å². The second-order valence-electron chi connectivity index (χ2n) is 5.40. The van der Waals surface area contributed by atoms with E-state index in [1.807, 2.05) is 35.2 Å². The van der Waals surface area contributed by atoms with Crippen molar-refractivity contribution in [2.24, 2.45) is 0 Å². The van der Waals surface area contributed by atoms with Gasteiger partial charge in [-0.3, -0.25) is 0 Å². The molecule has 0 radical (unpaired) electrons. The van der Waals surface area contributed by atoms with E-state index in [-0.39, 0.29) is 6.09 Å². The molecule has 0 aliphatic carbocycles. The molecule has 2 unspecified atom stereocenters. The Balaban J connectivity index is 1.59. The van der Waals surface area contributed by atoms with Crippen molar-refractivity contribution in [3.63, 3.8) is 0 Å². The number of halogens is 1. The van der Waals surface area contributed by atoms with Crippen LogP contribution in [0.1, 0.15) is 31.2 Å². The van der Waals surface area contributed by atoms with E-state index in [4.69, 9.17) is 4.74 Å². The van der Waals surface area contributed by atoms with Crippen LogP contribution in [0.25, 0.3) is 0 Å². The van der Waals surface area contributed by atoms with E-state index in [1.165, 1.54) is 0 Å². The minimum Gasteiger partial charge on any atom is -0.445 e. The van der Waals surface area contributed by atoms with Gasteiger partial charge in [-0.05, 0) is 31.2 Å². The summed E-state index contributed by atoms with van der Waals surface area (Å²) in [6.07, 6.45) is 4.41. The molecule has 0 N–H and O–H groups in total. The first kappa shape index (κ1) is 13.2. The molecule has 2 aliphatic heterocycles. The first-order chi connectivity index (χ1) is 9.24. The molecule has 1 aromatic carbocycles. The number of alkyl halides is 1. The normalized spacial score (nSPS) is 29.3. The minimum absolute atomic E-state index is 0.125. The Hall–Kier alpha value is -0.780. The third kappa shape index (κ3) is 2.88. The summed E-state index contributed by atoms with van der Waals surface area (Å²) in [5, 5.41) is 0. The van der Waals surface area contributed by atoms with E-state index in [2.05, 4.69) is 22.6 Å². The van der Waals surface area contributed by atoms with Crippen molar-refractivity contribution in [2.45, 2.75) is 48.3 Å². The number of piperidine rings is 1. The number of hydrogen-bond donors (Lipinski definition) is 0. The number of ether oxygens (including phenoxy) is 1. The molecular formula is C15H18INO2. The lowest BCUT2D eigenvalue weighted by Gasteiger charge is -2.36. The van der Waals surface area contributed by atoms with Crippen molar-refractivity contribution >= 4 is 28.7 Å². The lowest BCUT2D eigenvalue weighted by atomic mass is 10.0. The molecule has 2 bridgehead atoms. The fourth-order valence-electron chi connectivity index (χ4n) is 3.20. The van der Waals surface area contributed by atoms with Gasteiger partial charge in [0.15, 0.2) is 0 Å². The van der Waals surface area contributed by atoms with Crippen molar-refractivity contribution in [2.75, 3.05) is 0 Å². The number of nitrogens with zero attached hydrogens (tertiary/aromatic N) is 1. The average molecular weight is 371 g/mol. The maximum atomic E-state index is 12.2. The topological polar surface area (TPSA) is 29.5 Å². The van der Waals surface area contributed by atoms with Gasteiger partial charge in [-0.25, -0.2) is 4.79 Å². The number of hydrogen-bond acceptors (Lipinski definition) is 2. The van der Waals surface area contributed by atoms with Crippen molar-refractivity contribution in [1.82, 2.24) is 4.90 Å². The molecule has 2 saturated heterocycles. The summed E-state index contributed by atoms with van der Waals surface area (Å²) >= 11 is 2.51. The largest absolute Gasteiger partial charge is 0.445 e. The van der Waals surface area contributed by atoms with Crippen LogP contribution in [0.3, 0.4) is 0 Å². The van der Waals surface area contributed by atoms with Gasteiger partial charge in [-0.1, -0.05) is 52.9 Å². The zero-order chi connectivity index (χ0) is 13.2. The maximum Gasteiger partial charge on any atom is 0.410 e. The summed E-state index contributed by atoms with van der Waals surface area (Å²) < 4.78 is 6.18. The van der Waals surface area contributed by atoms with E-state index < -0.39 is 0 Å². The molecule has 102 valence electrons. The molecule has 2 aliphatic rings. The third-order valence-corrected chi connectivity index (χ3v) is 5.11. The molecule has 3 rings (SSSR count). The zero-order valence-corrected chi connectivity index (χ0v) is 13.0. The van der Waals surface area contributed by atoms with Crippen molar-refractivity contribution in [1.29, 1.82) is 0 Å². The molecule has 2 atom stereocenters. The molecule has 0 saturated carbocycles. The molecular weight excluding hydrogens is 353 g/mol. The average Bonchev–Trinajstić information content (AvgIpc) is 2.70. The van der Waals surface area contributed by atoms with Crippen LogP contribution in [0.5, 0.6) is 0 Å². The molecule has 1 amide bonds. The van der Waals surface area contributed by atoms with E-state index in [1.54, 1.807) is 0 Å². The standard InChI is InChI=1S/C15H18INO2/c16-12-8-13-6-7-14(9-12)17(13)15(18)19-10-11-4-2-1-3-5-11/h1-5,12-14H,6-10H2. The molecule has 1 aromatic rings. The number of amides is 1. The number of benzene rings is 1. The lowest BCUT2D eigenvalue weighted by molar-refractivity contribution is 0.0669. The second kappa shape index (κ2) is 5.69. The summed E-state index contributed by atoms with van der Waals surface area (Å²) in [4.78, 5) is 14.2. The lowest BCUT2D eigenvalue weighted by Crippen LogP contribution is -2.47. The van der Waals surface area contributed by atoms with Crippen molar-refractivity contribution in [3.05, 3.63) is 35.9 Å². The fraction of sp³-hybridized carbons (Fsp3) is 0.533. The quantitative estimate of drug-likeness (QED) is 0.585. The van der Waals surface area contributed by atoms with E-state index >= 15 is 0 Å². The summed E-state index contributed by atoms with van der Waals surface area (Å²) in [6.45, 7) is 0.378. The molecule has 2 heterocycles. The van der Waals surface area contributed by atoms with Crippen LogP contribution in [0, 0.1) is 0 Å². The zero-order valence-electron chi connectivity index (χ0n) is 10.8. The van der Waals surface area contributed by atoms with E-state index in [0.717, 1.165) is 31.2 Å². The first-order valence-corrected chi connectivity index (χ1v) is 8.11. The van der Waals surface area contributed by atoms with Gasteiger partial charge in [0.05, 0.1) is 0 Å². The van der Waals surface area contributed by atoms with Gasteiger partial charge in [0, 0.05) is 16.0 Å². The Labute approximate surface area is 127 Å². The molecule has 4 heteroatoms. The molecule has 3 nitrogen and oxygen atoms in total. The smallest absolute Gasteiger partial charge is 0.410 e. The summed E-state index contributed by atoms with van der Waals surface area (Å²) in [7, 11) is 0. The van der Waals surface area contributed by atoms with Gasteiger partial charge in [0.2, 0.25) is 0 Å². The highest BCUT2D eigenvalue weighted by Crippen LogP contribution is 2.38. The van der Waals surface area contributed by atoms with Gasteiger partial charge >= 0.3 is 6.09 Å². The Morgan fingerprint density at radius 1 is 1.21 bits per heavy atom. The van der Waals surface area contributed by atoms with Crippen LogP contribution in [0.2, 0.25) is 0 Å².